The van der Waals surface area contributed by atoms with Crippen molar-refractivity contribution in [3.8, 4) is 5.69 Å². The number of rotatable bonds is 4. The van der Waals surface area contributed by atoms with E-state index in [9.17, 15) is 14.0 Å². The number of aromatic nitrogens is 4. The van der Waals surface area contributed by atoms with E-state index in [0.717, 1.165) is 11.4 Å². The van der Waals surface area contributed by atoms with Crippen LogP contribution in [-0.4, -0.2) is 31.6 Å². The van der Waals surface area contributed by atoms with Gasteiger partial charge in [-0.3, -0.25) is 19.6 Å². The highest BCUT2D eigenvalue weighted by Gasteiger charge is 2.17. The minimum absolute atomic E-state index is 0.0867. The third kappa shape index (κ3) is 4.20. The van der Waals surface area contributed by atoms with Gasteiger partial charge < -0.3 is 10.6 Å². The van der Waals surface area contributed by atoms with Crippen molar-refractivity contribution in [3.05, 3.63) is 65.1 Å². The summed E-state index contributed by atoms with van der Waals surface area (Å²) in [6.45, 7) is 5.57. The summed E-state index contributed by atoms with van der Waals surface area (Å²) in [6.07, 6.45) is 1.46. The molecule has 9 heteroatoms. The van der Waals surface area contributed by atoms with E-state index in [0.29, 0.717) is 17.1 Å². The molecule has 0 aliphatic carbocycles. The zero-order valence-corrected chi connectivity index (χ0v) is 15.7. The molecule has 2 N–H and O–H groups in total. The smallest absolute Gasteiger partial charge is 0.314 e. The third-order valence-electron chi connectivity index (χ3n) is 4.16. The molecule has 0 spiro atoms. The molecule has 28 heavy (non-hydrogen) atoms. The van der Waals surface area contributed by atoms with Gasteiger partial charge in [0.05, 0.1) is 41.2 Å². The van der Waals surface area contributed by atoms with Gasteiger partial charge in [0.2, 0.25) is 0 Å². The van der Waals surface area contributed by atoms with Crippen molar-refractivity contribution in [2.24, 2.45) is 0 Å². The fourth-order valence-electron chi connectivity index (χ4n) is 2.53. The van der Waals surface area contributed by atoms with Gasteiger partial charge in [0.1, 0.15) is 11.6 Å². The Kier molecular flexibility index (Phi) is 5.44. The maximum absolute atomic E-state index is 13.1. The number of anilines is 1. The molecule has 144 valence electrons. The molecule has 8 nitrogen and oxygen atoms in total. The standard InChI is InChI=1S/C19H19FN6O2/c1-11-12(2)24-16(13(3)23-11)10-21-18(27)19(28)25-17-8-9-22-26(17)15-6-4-14(20)5-7-15/h4-9H,10H2,1-3H3,(H,21,27)(H,25,28). The van der Waals surface area contributed by atoms with Crippen molar-refractivity contribution in [1.29, 1.82) is 0 Å². The number of halogens is 1. The molecule has 3 aromatic rings. The van der Waals surface area contributed by atoms with E-state index >= 15 is 0 Å². The highest BCUT2D eigenvalue weighted by Crippen LogP contribution is 2.15. The summed E-state index contributed by atoms with van der Waals surface area (Å²) in [5, 5.41) is 9.11. The summed E-state index contributed by atoms with van der Waals surface area (Å²) in [6, 6.07) is 7.12. The first-order chi connectivity index (χ1) is 13.3. The van der Waals surface area contributed by atoms with Crippen LogP contribution in [0, 0.1) is 26.6 Å². The van der Waals surface area contributed by atoms with Crippen LogP contribution in [-0.2, 0) is 16.1 Å². The summed E-state index contributed by atoms with van der Waals surface area (Å²) in [5.74, 6) is -1.76. The van der Waals surface area contributed by atoms with Crippen molar-refractivity contribution in [2.75, 3.05) is 5.32 Å². The van der Waals surface area contributed by atoms with Gasteiger partial charge in [-0.25, -0.2) is 9.07 Å². The van der Waals surface area contributed by atoms with Gasteiger partial charge in [-0.2, -0.15) is 5.10 Å². The largest absolute Gasteiger partial charge is 0.342 e. The van der Waals surface area contributed by atoms with Crippen molar-refractivity contribution in [2.45, 2.75) is 27.3 Å². The van der Waals surface area contributed by atoms with Gasteiger partial charge in [-0.15, -0.1) is 0 Å². The molecule has 2 amide bonds. The molecule has 0 fully saturated rings. The lowest BCUT2D eigenvalue weighted by Crippen LogP contribution is -2.36. The number of carbonyl (C=O) groups excluding carboxylic acids is 2. The molecule has 0 aliphatic rings. The van der Waals surface area contributed by atoms with Crippen molar-refractivity contribution in [3.63, 3.8) is 0 Å². The second-order valence-corrected chi connectivity index (χ2v) is 6.17. The molecule has 2 heterocycles. The molecule has 3 rings (SSSR count). The fourth-order valence-corrected chi connectivity index (χ4v) is 2.53. The molecule has 1 aromatic carbocycles. The number of hydrogen-bond donors (Lipinski definition) is 2. The zero-order chi connectivity index (χ0) is 20.3. The van der Waals surface area contributed by atoms with Crippen LogP contribution in [0.2, 0.25) is 0 Å². The lowest BCUT2D eigenvalue weighted by molar-refractivity contribution is -0.136. The van der Waals surface area contributed by atoms with Crippen LogP contribution in [0.15, 0.2) is 36.5 Å². The predicted molar refractivity (Wildman–Crippen MR) is 100 cm³/mol. The average Bonchev–Trinajstić information content (AvgIpc) is 3.12. The minimum atomic E-state index is -0.849. The van der Waals surface area contributed by atoms with Gasteiger partial charge in [0, 0.05) is 6.07 Å². The Bertz CT molecular complexity index is 1030. The van der Waals surface area contributed by atoms with Crippen LogP contribution in [0.5, 0.6) is 0 Å². The topological polar surface area (TPSA) is 102 Å². The molecule has 0 saturated heterocycles. The quantitative estimate of drug-likeness (QED) is 0.672. The number of amides is 2. The Morgan fingerprint density at radius 1 is 0.964 bits per heavy atom. The van der Waals surface area contributed by atoms with E-state index in [1.165, 1.54) is 41.2 Å². The highest BCUT2D eigenvalue weighted by molar-refractivity contribution is 6.39. The Balaban J connectivity index is 1.66. The number of aryl methyl sites for hydroxylation is 3. The maximum Gasteiger partial charge on any atom is 0.314 e. The van der Waals surface area contributed by atoms with Crippen LogP contribution in [0.4, 0.5) is 10.2 Å². The van der Waals surface area contributed by atoms with E-state index in [2.05, 4.69) is 25.7 Å². The lowest BCUT2D eigenvalue weighted by Gasteiger charge is -2.10. The van der Waals surface area contributed by atoms with E-state index < -0.39 is 11.8 Å². The first-order valence-electron chi connectivity index (χ1n) is 8.55. The normalized spacial score (nSPS) is 10.6. The van der Waals surface area contributed by atoms with Gasteiger partial charge in [0.15, 0.2) is 0 Å². The zero-order valence-electron chi connectivity index (χ0n) is 15.7. The highest BCUT2D eigenvalue weighted by atomic mass is 19.1. The first-order valence-corrected chi connectivity index (χ1v) is 8.55. The van der Waals surface area contributed by atoms with Crippen molar-refractivity contribution >= 4 is 17.6 Å². The van der Waals surface area contributed by atoms with Crippen molar-refractivity contribution in [1.82, 2.24) is 25.1 Å². The number of benzene rings is 1. The van der Waals surface area contributed by atoms with Crippen LogP contribution in [0.1, 0.15) is 22.8 Å². The summed E-state index contributed by atoms with van der Waals surface area (Å²) in [7, 11) is 0. The van der Waals surface area contributed by atoms with Crippen LogP contribution >= 0.6 is 0 Å². The van der Waals surface area contributed by atoms with Crippen LogP contribution in [0.25, 0.3) is 5.69 Å². The first kappa shape index (κ1) is 19.2. The number of carbonyl (C=O) groups is 2. The summed E-state index contributed by atoms with van der Waals surface area (Å²) in [4.78, 5) is 33.1. The summed E-state index contributed by atoms with van der Waals surface area (Å²) < 4.78 is 14.5. The Morgan fingerprint density at radius 2 is 1.64 bits per heavy atom. The molecular formula is C19H19FN6O2. The fraction of sp³-hybridized carbons (Fsp3) is 0.211. The minimum Gasteiger partial charge on any atom is -0.342 e. The second-order valence-electron chi connectivity index (χ2n) is 6.17. The summed E-state index contributed by atoms with van der Waals surface area (Å²) in [5.41, 5.74) is 3.42. The van der Waals surface area contributed by atoms with Crippen LogP contribution < -0.4 is 10.6 Å². The Labute approximate surface area is 160 Å². The van der Waals surface area contributed by atoms with Gasteiger partial charge in [-0.1, -0.05) is 0 Å². The molecule has 0 saturated carbocycles. The Hall–Kier alpha value is -3.62. The molecule has 0 atom stereocenters. The number of nitrogens with zero attached hydrogens (tertiary/aromatic N) is 4. The molecule has 0 bridgehead atoms. The second kappa shape index (κ2) is 7.95. The molecule has 0 unspecified atom stereocenters. The predicted octanol–water partition coefficient (Wildman–Crippen LogP) is 1.98. The van der Waals surface area contributed by atoms with E-state index in [1.54, 1.807) is 6.92 Å². The van der Waals surface area contributed by atoms with E-state index in [4.69, 9.17) is 0 Å². The third-order valence-corrected chi connectivity index (χ3v) is 4.16. The van der Waals surface area contributed by atoms with Crippen LogP contribution in [0.3, 0.4) is 0 Å². The molecule has 0 aliphatic heterocycles. The molecule has 0 radical (unpaired) electrons. The van der Waals surface area contributed by atoms with Gasteiger partial charge in [0.25, 0.3) is 0 Å². The lowest BCUT2D eigenvalue weighted by atomic mass is 10.2. The van der Waals surface area contributed by atoms with Gasteiger partial charge in [-0.05, 0) is 45.0 Å². The van der Waals surface area contributed by atoms with E-state index in [1.807, 2.05) is 13.8 Å². The molecular weight excluding hydrogens is 363 g/mol. The maximum atomic E-state index is 13.1. The SMILES string of the molecule is Cc1nc(C)c(CNC(=O)C(=O)Nc2ccnn2-c2ccc(F)cc2)nc1C. The Morgan fingerprint density at radius 3 is 2.36 bits per heavy atom. The van der Waals surface area contributed by atoms with Gasteiger partial charge >= 0.3 is 11.8 Å². The average molecular weight is 382 g/mol. The number of hydrogen-bond acceptors (Lipinski definition) is 5. The van der Waals surface area contributed by atoms with Crippen molar-refractivity contribution < 1.29 is 14.0 Å². The number of nitrogens with one attached hydrogen (secondary N) is 2. The van der Waals surface area contributed by atoms with E-state index in [-0.39, 0.29) is 18.2 Å². The molecule has 2 aromatic heterocycles. The summed E-state index contributed by atoms with van der Waals surface area (Å²) >= 11 is 0. The monoisotopic (exact) mass is 382 g/mol.